The van der Waals surface area contributed by atoms with Crippen molar-refractivity contribution in [1.82, 2.24) is 4.72 Å². The molecule has 0 bridgehead atoms. The molecule has 0 fully saturated rings. The van der Waals surface area contributed by atoms with Gasteiger partial charge in [0.25, 0.3) is 0 Å². The van der Waals surface area contributed by atoms with Crippen LogP contribution in [0.3, 0.4) is 0 Å². The highest BCUT2D eigenvalue weighted by atomic mass is 79.9. The van der Waals surface area contributed by atoms with Gasteiger partial charge in [-0.1, -0.05) is 12.1 Å². The SMILES string of the molecule is O=S(=O)(NCCc1ccc(Br)s1)c1ccc(CO)cc1. The number of rotatable bonds is 6. The zero-order valence-corrected chi connectivity index (χ0v) is 13.8. The van der Waals surface area contributed by atoms with Gasteiger partial charge in [-0.25, -0.2) is 13.1 Å². The van der Waals surface area contributed by atoms with Crippen molar-refractivity contribution in [1.29, 1.82) is 0 Å². The van der Waals surface area contributed by atoms with E-state index in [0.29, 0.717) is 18.5 Å². The predicted octanol–water partition coefficient (Wildman–Crippen LogP) is 2.52. The van der Waals surface area contributed by atoms with E-state index in [1.807, 2.05) is 12.1 Å². The van der Waals surface area contributed by atoms with Crippen molar-refractivity contribution in [2.75, 3.05) is 6.54 Å². The molecule has 0 aliphatic rings. The van der Waals surface area contributed by atoms with Gasteiger partial charge in [0.1, 0.15) is 0 Å². The largest absolute Gasteiger partial charge is 0.392 e. The van der Waals surface area contributed by atoms with Gasteiger partial charge in [0.05, 0.1) is 15.3 Å². The second kappa shape index (κ2) is 6.82. The minimum atomic E-state index is -3.49. The number of nitrogens with one attached hydrogen (secondary N) is 1. The van der Waals surface area contributed by atoms with E-state index in [-0.39, 0.29) is 11.5 Å². The number of halogens is 1. The van der Waals surface area contributed by atoms with E-state index in [1.54, 1.807) is 23.5 Å². The summed E-state index contributed by atoms with van der Waals surface area (Å²) in [6, 6.07) is 10.1. The van der Waals surface area contributed by atoms with E-state index in [2.05, 4.69) is 20.7 Å². The number of hydrogen-bond donors (Lipinski definition) is 2. The van der Waals surface area contributed by atoms with Gasteiger partial charge >= 0.3 is 0 Å². The first-order valence-electron chi connectivity index (χ1n) is 5.95. The summed E-state index contributed by atoms with van der Waals surface area (Å²) in [7, 11) is -3.49. The Kier molecular flexibility index (Phi) is 5.34. The summed E-state index contributed by atoms with van der Waals surface area (Å²) in [5.41, 5.74) is 0.687. The highest BCUT2D eigenvalue weighted by Gasteiger charge is 2.13. The van der Waals surface area contributed by atoms with Crippen LogP contribution in [0, 0.1) is 0 Å². The number of sulfonamides is 1. The van der Waals surface area contributed by atoms with Crippen LogP contribution in [0.15, 0.2) is 45.1 Å². The Hall–Kier alpha value is -0.730. The third-order valence-electron chi connectivity index (χ3n) is 2.71. The van der Waals surface area contributed by atoms with E-state index in [9.17, 15) is 8.42 Å². The zero-order chi connectivity index (χ0) is 14.6. The van der Waals surface area contributed by atoms with Crippen LogP contribution in [0.2, 0.25) is 0 Å². The summed E-state index contributed by atoms with van der Waals surface area (Å²) in [6.07, 6.45) is 0.657. The zero-order valence-electron chi connectivity index (χ0n) is 10.5. The standard InChI is InChI=1S/C13H14BrNO3S2/c14-13-6-3-11(19-13)7-8-15-20(17,18)12-4-1-10(9-16)2-5-12/h1-6,15-16H,7-9H2. The first-order chi connectivity index (χ1) is 9.51. The molecule has 1 heterocycles. The number of hydrogen-bond acceptors (Lipinski definition) is 4. The van der Waals surface area contributed by atoms with Crippen molar-refractivity contribution >= 4 is 37.3 Å². The van der Waals surface area contributed by atoms with Crippen molar-refractivity contribution in [3.05, 3.63) is 50.6 Å². The van der Waals surface area contributed by atoms with E-state index >= 15 is 0 Å². The van der Waals surface area contributed by atoms with E-state index in [4.69, 9.17) is 5.11 Å². The Bertz CT molecular complexity index is 665. The molecule has 4 nitrogen and oxygen atoms in total. The molecule has 2 rings (SSSR count). The minimum Gasteiger partial charge on any atom is -0.392 e. The maximum atomic E-state index is 12.0. The van der Waals surface area contributed by atoms with E-state index < -0.39 is 10.0 Å². The average Bonchev–Trinajstić information content (AvgIpc) is 2.84. The molecule has 2 aromatic rings. The molecule has 0 unspecified atom stereocenters. The second-order valence-electron chi connectivity index (χ2n) is 4.16. The van der Waals surface area contributed by atoms with Crippen molar-refractivity contribution in [3.63, 3.8) is 0 Å². The molecule has 20 heavy (non-hydrogen) atoms. The van der Waals surface area contributed by atoms with Gasteiger partial charge in [-0.3, -0.25) is 0 Å². The Morgan fingerprint density at radius 2 is 1.85 bits per heavy atom. The molecular weight excluding hydrogens is 362 g/mol. The summed E-state index contributed by atoms with van der Waals surface area (Å²) < 4.78 is 27.7. The quantitative estimate of drug-likeness (QED) is 0.814. The molecule has 108 valence electrons. The molecule has 1 aromatic carbocycles. The molecule has 2 N–H and O–H groups in total. The van der Waals surface area contributed by atoms with Crippen LogP contribution in [-0.4, -0.2) is 20.1 Å². The Morgan fingerprint density at radius 1 is 1.15 bits per heavy atom. The minimum absolute atomic E-state index is 0.0962. The van der Waals surface area contributed by atoms with Crippen LogP contribution < -0.4 is 4.72 Å². The summed E-state index contributed by atoms with van der Waals surface area (Å²) >= 11 is 4.97. The summed E-state index contributed by atoms with van der Waals surface area (Å²) in [5.74, 6) is 0. The van der Waals surface area contributed by atoms with Crippen LogP contribution in [0.5, 0.6) is 0 Å². The fourth-order valence-electron chi connectivity index (χ4n) is 1.65. The number of thiophene rings is 1. The fourth-order valence-corrected chi connectivity index (χ4v) is 4.17. The van der Waals surface area contributed by atoms with Gasteiger partial charge in [0, 0.05) is 11.4 Å². The van der Waals surface area contributed by atoms with Crippen molar-refractivity contribution in [2.45, 2.75) is 17.9 Å². The topological polar surface area (TPSA) is 66.4 Å². The first kappa shape index (κ1) is 15.7. The van der Waals surface area contributed by atoms with Crippen molar-refractivity contribution < 1.29 is 13.5 Å². The van der Waals surface area contributed by atoms with Crippen molar-refractivity contribution in [3.8, 4) is 0 Å². The lowest BCUT2D eigenvalue weighted by atomic mass is 10.2. The maximum Gasteiger partial charge on any atom is 0.240 e. The Labute approximate surface area is 130 Å². The van der Waals surface area contributed by atoms with Crippen LogP contribution in [0.4, 0.5) is 0 Å². The molecule has 0 spiro atoms. The monoisotopic (exact) mass is 375 g/mol. The van der Waals surface area contributed by atoms with Crippen LogP contribution in [-0.2, 0) is 23.1 Å². The normalized spacial score (nSPS) is 11.7. The molecular formula is C13H14BrNO3S2. The number of aliphatic hydroxyl groups is 1. The van der Waals surface area contributed by atoms with Crippen LogP contribution in [0.1, 0.15) is 10.4 Å². The van der Waals surface area contributed by atoms with E-state index in [1.165, 1.54) is 12.1 Å². The van der Waals surface area contributed by atoms with Crippen molar-refractivity contribution in [2.24, 2.45) is 0 Å². The third kappa shape index (κ3) is 4.13. The summed E-state index contributed by atoms with van der Waals surface area (Å²) in [4.78, 5) is 1.33. The van der Waals surface area contributed by atoms with Gasteiger partial charge in [-0.15, -0.1) is 11.3 Å². The summed E-state index contributed by atoms with van der Waals surface area (Å²) in [6.45, 7) is 0.262. The highest BCUT2D eigenvalue weighted by molar-refractivity contribution is 9.11. The van der Waals surface area contributed by atoms with Gasteiger partial charge in [0.15, 0.2) is 0 Å². The first-order valence-corrected chi connectivity index (χ1v) is 9.04. The molecule has 7 heteroatoms. The number of aliphatic hydroxyl groups excluding tert-OH is 1. The molecule has 0 amide bonds. The molecule has 0 atom stereocenters. The third-order valence-corrected chi connectivity index (χ3v) is 5.87. The molecule has 0 saturated carbocycles. The Balaban J connectivity index is 1.96. The molecule has 1 aromatic heterocycles. The van der Waals surface area contributed by atoms with Crippen LogP contribution >= 0.6 is 27.3 Å². The predicted molar refractivity (Wildman–Crippen MR) is 83.3 cm³/mol. The summed E-state index contributed by atoms with van der Waals surface area (Å²) in [5, 5.41) is 8.93. The Morgan fingerprint density at radius 3 is 2.40 bits per heavy atom. The van der Waals surface area contributed by atoms with Gasteiger partial charge in [-0.2, -0.15) is 0 Å². The molecule has 0 aliphatic carbocycles. The van der Waals surface area contributed by atoms with E-state index in [0.717, 1.165) is 8.66 Å². The van der Waals surface area contributed by atoms with Crippen LogP contribution in [0.25, 0.3) is 0 Å². The smallest absolute Gasteiger partial charge is 0.240 e. The lowest BCUT2D eigenvalue weighted by Gasteiger charge is -2.06. The lowest BCUT2D eigenvalue weighted by Crippen LogP contribution is -2.25. The van der Waals surface area contributed by atoms with Gasteiger partial charge < -0.3 is 5.11 Å². The van der Waals surface area contributed by atoms with Gasteiger partial charge in [-0.05, 0) is 52.2 Å². The second-order valence-corrected chi connectivity index (χ2v) is 8.47. The lowest BCUT2D eigenvalue weighted by molar-refractivity contribution is 0.282. The fraction of sp³-hybridized carbons (Fsp3) is 0.231. The maximum absolute atomic E-state index is 12.0. The molecule has 0 radical (unpaired) electrons. The number of benzene rings is 1. The molecule has 0 aliphatic heterocycles. The van der Waals surface area contributed by atoms with Gasteiger partial charge in [0.2, 0.25) is 10.0 Å². The molecule has 0 saturated heterocycles. The highest BCUT2D eigenvalue weighted by Crippen LogP contribution is 2.22. The average molecular weight is 376 g/mol.